The van der Waals surface area contributed by atoms with E-state index >= 15 is 0 Å². The summed E-state index contributed by atoms with van der Waals surface area (Å²) in [5, 5.41) is 11.9. The Kier molecular flexibility index (Phi) is 6.37. The summed E-state index contributed by atoms with van der Waals surface area (Å²) >= 11 is 0. The molecule has 2 N–H and O–H groups in total. The molecule has 24 heavy (non-hydrogen) atoms. The summed E-state index contributed by atoms with van der Waals surface area (Å²) in [7, 11) is 1.43. The summed E-state index contributed by atoms with van der Waals surface area (Å²) < 4.78 is 4.93. The number of carboxylic acids is 1. The van der Waals surface area contributed by atoms with Crippen molar-refractivity contribution in [3.63, 3.8) is 0 Å². The number of carboxylic acid groups (broad SMARTS) is 1. The largest absolute Gasteiger partial charge is 0.479 e. The van der Waals surface area contributed by atoms with Crippen LogP contribution in [0.2, 0.25) is 0 Å². The lowest BCUT2D eigenvalue weighted by Gasteiger charge is -2.30. The van der Waals surface area contributed by atoms with Gasteiger partial charge in [-0.1, -0.05) is 30.3 Å². The molecule has 1 aliphatic carbocycles. The van der Waals surface area contributed by atoms with Crippen LogP contribution in [0.3, 0.4) is 0 Å². The molecule has 0 radical (unpaired) electrons. The molecule has 1 aliphatic rings. The van der Waals surface area contributed by atoms with Gasteiger partial charge < -0.3 is 15.2 Å². The van der Waals surface area contributed by atoms with E-state index in [1.165, 1.54) is 19.6 Å². The predicted molar refractivity (Wildman–Crippen MR) is 91.8 cm³/mol. The van der Waals surface area contributed by atoms with Crippen molar-refractivity contribution in [1.29, 1.82) is 0 Å². The zero-order valence-corrected chi connectivity index (χ0v) is 14.5. The van der Waals surface area contributed by atoms with E-state index in [9.17, 15) is 14.7 Å². The molecular formula is C19H27NO4. The number of carbonyl (C=O) groups excluding carboxylic acids is 1. The SMILES string of the molecule is COCC(C)(NC(=O)CC1CCC(c2ccccc2)CC1)C(=O)O. The Balaban J connectivity index is 1.83. The fourth-order valence-electron chi connectivity index (χ4n) is 3.49. The Labute approximate surface area is 143 Å². The van der Waals surface area contributed by atoms with Gasteiger partial charge in [0.15, 0.2) is 5.54 Å². The van der Waals surface area contributed by atoms with Crippen LogP contribution >= 0.6 is 0 Å². The third-order valence-corrected chi connectivity index (χ3v) is 4.91. The summed E-state index contributed by atoms with van der Waals surface area (Å²) in [6.07, 6.45) is 4.54. The first-order valence-electron chi connectivity index (χ1n) is 8.53. The third kappa shape index (κ3) is 4.81. The fourth-order valence-corrected chi connectivity index (χ4v) is 3.49. The molecule has 132 valence electrons. The zero-order chi connectivity index (χ0) is 17.6. The van der Waals surface area contributed by atoms with Crippen LogP contribution in [0.1, 0.15) is 50.5 Å². The number of ether oxygens (including phenoxy) is 1. The minimum Gasteiger partial charge on any atom is -0.479 e. The monoisotopic (exact) mass is 333 g/mol. The Morgan fingerprint density at radius 2 is 1.83 bits per heavy atom. The number of methoxy groups -OCH3 is 1. The van der Waals surface area contributed by atoms with E-state index in [2.05, 4.69) is 29.6 Å². The van der Waals surface area contributed by atoms with Gasteiger partial charge in [0, 0.05) is 13.5 Å². The molecule has 5 nitrogen and oxygen atoms in total. The number of benzene rings is 1. The number of aliphatic carboxylic acids is 1. The van der Waals surface area contributed by atoms with Gasteiger partial charge in [0.2, 0.25) is 5.91 Å². The Bertz CT molecular complexity index is 552. The average molecular weight is 333 g/mol. The lowest BCUT2D eigenvalue weighted by atomic mass is 9.77. The maximum atomic E-state index is 12.2. The zero-order valence-electron chi connectivity index (χ0n) is 14.5. The van der Waals surface area contributed by atoms with Crippen LogP contribution in [-0.4, -0.2) is 36.2 Å². The van der Waals surface area contributed by atoms with E-state index in [1.807, 2.05) is 6.07 Å². The number of amides is 1. The van der Waals surface area contributed by atoms with Crippen molar-refractivity contribution in [2.24, 2.45) is 5.92 Å². The summed E-state index contributed by atoms with van der Waals surface area (Å²) in [6, 6.07) is 10.5. The number of hydrogen-bond donors (Lipinski definition) is 2. The molecule has 0 heterocycles. The molecule has 0 aliphatic heterocycles. The van der Waals surface area contributed by atoms with Crippen LogP contribution in [0.5, 0.6) is 0 Å². The number of carbonyl (C=O) groups is 2. The van der Waals surface area contributed by atoms with Gasteiger partial charge in [-0.25, -0.2) is 4.79 Å². The van der Waals surface area contributed by atoms with Gasteiger partial charge in [-0.05, 0) is 50.0 Å². The highest BCUT2D eigenvalue weighted by Crippen LogP contribution is 2.36. The molecule has 1 atom stereocenters. The molecule has 2 rings (SSSR count). The van der Waals surface area contributed by atoms with Crippen molar-refractivity contribution < 1.29 is 19.4 Å². The average Bonchev–Trinajstić information content (AvgIpc) is 2.56. The van der Waals surface area contributed by atoms with Crippen molar-refractivity contribution in [3.05, 3.63) is 35.9 Å². The fraction of sp³-hybridized carbons (Fsp3) is 0.579. The van der Waals surface area contributed by atoms with Gasteiger partial charge in [0.1, 0.15) is 0 Å². The third-order valence-electron chi connectivity index (χ3n) is 4.91. The lowest BCUT2D eigenvalue weighted by Crippen LogP contribution is -2.55. The van der Waals surface area contributed by atoms with Crippen LogP contribution in [0.25, 0.3) is 0 Å². The van der Waals surface area contributed by atoms with E-state index < -0.39 is 11.5 Å². The quantitative estimate of drug-likeness (QED) is 0.804. The van der Waals surface area contributed by atoms with Crippen LogP contribution in [-0.2, 0) is 14.3 Å². The molecule has 0 spiro atoms. The normalized spacial score (nSPS) is 23.2. The second-order valence-corrected chi connectivity index (χ2v) is 6.95. The summed E-state index contributed by atoms with van der Waals surface area (Å²) in [5.74, 6) is -0.389. The molecule has 5 heteroatoms. The van der Waals surface area contributed by atoms with Crippen molar-refractivity contribution in [2.75, 3.05) is 13.7 Å². The van der Waals surface area contributed by atoms with Crippen LogP contribution < -0.4 is 5.32 Å². The molecule has 1 saturated carbocycles. The predicted octanol–water partition coefficient (Wildman–Crippen LogP) is 2.96. The Morgan fingerprint density at radius 3 is 2.38 bits per heavy atom. The van der Waals surface area contributed by atoms with Crippen molar-refractivity contribution in [2.45, 2.75) is 50.5 Å². The highest BCUT2D eigenvalue weighted by atomic mass is 16.5. The second kappa shape index (κ2) is 8.29. The molecule has 1 aromatic carbocycles. The van der Waals surface area contributed by atoms with E-state index in [0.717, 1.165) is 25.7 Å². The smallest absolute Gasteiger partial charge is 0.331 e. The first-order chi connectivity index (χ1) is 11.4. The van der Waals surface area contributed by atoms with E-state index in [4.69, 9.17) is 4.74 Å². The van der Waals surface area contributed by atoms with Gasteiger partial charge in [-0.3, -0.25) is 4.79 Å². The summed E-state index contributed by atoms with van der Waals surface area (Å²) in [4.78, 5) is 23.6. The van der Waals surface area contributed by atoms with Crippen molar-refractivity contribution in [1.82, 2.24) is 5.32 Å². The molecule has 1 fully saturated rings. The van der Waals surface area contributed by atoms with Gasteiger partial charge >= 0.3 is 5.97 Å². The summed E-state index contributed by atoms with van der Waals surface area (Å²) in [6.45, 7) is 1.43. The molecule has 0 bridgehead atoms. The molecule has 1 aromatic rings. The first kappa shape index (κ1) is 18.5. The second-order valence-electron chi connectivity index (χ2n) is 6.95. The van der Waals surface area contributed by atoms with Crippen molar-refractivity contribution >= 4 is 11.9 Å². The highest BCUT2D eigenvalue weighted by molar-refractivity contribution is 5.86. The van der Waals surface area contributed by atoms with Gasteiger partial charge in [-0.2, -0.15) is 0 Å². The number of nitrogens with one attached hydrogen (secondary N) is 1. The highest BCUT2D eigenvalue weighted by Gasteiger charge is 2.35. The van der Waals surface area contributed by atoms with Crippen molar-refractivity contribution in [3.8, 4) is 0 Å². The standard InChI is InChI=1S/C19H27NO4/c1-19(13-24-2,18(22)23)20-17(21)12-14-8-10-16(11-9-14)15-6-4-3-5-7-15/h3-7,14,16H,8-13H2,1-2H3,(H,20,21)(H,22,23). The van der Waals surface area contributed by atoms with Gasteiger partial charge in [0.25, 0.3) is 0 Å². The van der Waals surface area contributed by atoms with E-state index in [-0.39, 0.29) is 12.5 Å². The molecule has 1 unspecified atom stereocenters. The molecule has 0 aromatic heterocycles. The maximum Gasteiger partial charge on any atom is 0.331 e. The maximum absolute atomic E-state index is 12.2. The van der Waals surface area contributed by atoms with Crippen LogP contribution in [0.15, 0.2) is 30.3 Å². The van der Waals surface area contributed by atoms with Crippen LogP contribution in [0.4, 0.5) is 0 Å². The first-order valence-corrected chi connectivity index (χ1v) is 8.53. The molecule has 0 saturated heterocycles. The molecular weight excluding hydrogens is 306 g/mol. The van der Waals surface area contributed by atoms with Gasteiger partial charge in [-0.15, -0.1) is 0 Å². The van der Waals surface area contributed by atoms with Gasteiger partial charge in [0.05, 0.1) is 6.61 Å². The lowest BCUT2D eigenvalue weighted by molar-refractivity contribution is -0.149. The minimum atomic E-state index is -1.37. The summed E-state index contributed by atoms with van der Waals surface area (Å²) in [5.41, 5.74) is 0.00604. The molecule has 1 amide bonds. The minimum absolute atomic E-state index is 0.0468. The van der Waals surface area contributed by atoms with Crippen LogP contribution in [0, 0.1) is 5.92 Å². The number of rotatable bonds is 7. The number of hydrogen-bond acceptors (Lipinski definition) is 3. The van der Waals surface area contributed by atoms with E-state index in [0.29, 0.717) is 18.3 Å². The Morgan fingerprint density at radius 1 is 1.21 bits per heavy atom. The Hall–Kier alpha value is -1.88. The topological polar surface area (TPSA) is 75.6 Å². The van der Waals surface area contributed by atoms with E-state index in [1.54, 1.807) is 0 Å².